The monoisotopic (exact) mass is 261 g/mol. The van der Waals surface area contributed by atoms with Crippen LogP contribution in [-0.2, 0) is 14.3 Å². The molecule has 100 valence electrons. The van der Waals surface area contributed by atoms with E-state index in [1.807, 2.05) is 11.8 Å². The maximum absolute atomic E-state index is 11.0. The molecule has 5 heteroatoms. The first-order chi connectivity index (χ1) is 8.27. The van der Waals surface area contributed by atoms with E-state index in [9.17, 15) is 4.79 Å². The molecule has 0 aromatic heterocycles. The van der Waals surface area contributed by atoms with Crippen molar-refractivity contribution in [3.63, 3.8) is 0 Å². The lowest BCUT2D eigenvalue weighted by molar-refractivity contribution is -0.140. The first kappa shape index (κ1) is 14.8. The molecule has 1 heterocycles. The molecule has 0 aromatic carbocycles. The summed E-state index contributed by atoms with van der Waals surface area (Å²) in [6, 6.07) is 0.520. The fourth-order valence-electron chi connectivity index (χ4n) is 1.84. The van der Waals surface area contributed by atoms with E-state index in [0.717, 1.165) is 38.4 Å². The molecule has 1 fully saturated rings. The summed E-state index contributed by atoms with van der Waals surface area (Å²) in [5, 5.41) is 4.01. The van der Waals surface area contributed by atoms with Gasteiger partial charge in [0.05, 0.1) is 20.1 Å². The summed E-state index contributed by atoms with van der Waals surface area (Å²) in [5.41, 5.74) is 0. The molecule has 0 bridgehead atoms. The Balaban J connectivity index is 2.24. The van der Waals surface area contributed by atoms with Crippen LogP contribution < -0.4 is 5.32 Å². The van der Waals surface area contributed by atoms with Crippen molar-refractivity contribution in [2.75, 3.05) is 32.6 Å². The number of hydrogen-bond acceptors (Lipinski definition) is 5. The highest BCUT2D eigenvalue weighted by atomic mass is 32.2. The third kappa shape index (κ3) is 5.75. The van der Waals surface area contributed by atoms with Gasteiger partial charge in [0.25, 0.3) is 0 Å². The van der Waals surface area contributed by atoms with E-state index in [4.69, 9.17) is 4.74 Å². The molecular formula is C12H23NO3S. The van der Waals surface area contributed by atoms with E-state index in [0.29, 0.717) is 17.7 Å². The van der Waals surface area contributed by atoms with Gasteiger partial charge in [0.15, 0.2) is 0 Å². The van der Waals surface area contributed by atoms with Crippen molar-refractivity contribution in [3.8, 4) is 0 Å². The molecular weight excluding hydrogens is 238 g/mol. The highest BCUT2D eigenvalue weighted by molar-refractivity contribution is 8.00. The Labute approximate surface area is 108 Å². The summed E-state index contributed by atoms with van der Waals surface area (Å²) in [6.45, 7) is 4.85. The molecule has 0 radical (unpaired) electrons. The fourth-order valence-corrected chi connectivity index (χ4v) is 3.08. The zero-order valence-electron chi connectivity index (χ0n) is 10.7. The van der Waals surface area contributed by atoms with Crippen molar-refractivity contribution in [3.05, 3.63) is 0 Å². The highest BCUT2D eigenvalue weighted by Crippen LogP contribution is 2.22. The summed E-state index contributed by atoms with van der Waals surface area (Å²) in [6.07, 6.45) is 2.70. The summed E-state index contributed by atoms with van der Waals surface area (Å²) < 4.78 is 10.1. The van der Waals surface area contributed by atoms with Crippen LogP contribution in [0.3, 0.4) is 0 Å². The highest BCUT2D eigenvalue weighted by Gasteiger charge is 2.25. The Morgan fingerprint density at radius 1 is 1.59 bits per heavy atom. The van der Waals surface area contributed by atoms with Crippen LogP contribution in [-0.4, -0.2) is 49.9 Å². The number of rotatable bonds is 7. The normalized spacial score (nSPS) is 24.6. The van der Waals surface area contributed by atoms with Gasteiger partial charge >= 0.3 is 5.97 Å². The lowest BCUT2D eigenvalue weighted by Crippen LogP contribution is -2.45. The van der Waals surface area contributed by atoms with E-state index in [2.05, 4.69) is 17.0 Å². The largest absolute Gasteiger partial charge is 0.469 e. The summed E-state index contributed by atoms with van der Waals surface area (Å²) in [4.78, 5) is 11.0. The molecule has 1 saturated heterocycles. The predicted octanol–water partition coefficient (Wildman–Crippen LogP) is 1.44. The van der Waals surface area contributed by atoms with Crippen LogP contribution in [0.1, 0.15) is 26.2 Å². The van der Waals surface area contributed by atoms with E-state index < -0.39 is 0 Å². The second-order valence-electron chi connectivity index (χ2n) is 4.16. The lowest BCUT2D eigenvalue weighted by atomic mass is 10.1. The molecule has 2 atom stereocenters. The van der Waals surface area contributed by atoms with Gasteiger partial charge in [-0.05, 0) is 19.4 Å². The van der Waals surface area contributed by atoms with E-state index in [-0.39, 0.29) is 5.97 Å². The zero-order valence-corrected chi connectivity index (χ0v) is 11.6. The number of carbonyl (C=O) groups is 1. The molecule has 4 nitrogen and oxygen atoms in total. The van der Waals surface area contributed by atoms with Gasteiger partial charge in [-0.2, -0.15) is 11.8 Å². The maximum Gasteiger partial charge on any atom is 0.306 e. The number of thioether (sulfide) groups is 1. The smallest absolute Gasteiger partial charge is 0.306 e. The third-order valence-electron chi connectivity index (χ3n) is 2.83. The standard InChI is InChI=1S/C12H23NO3S/c1-3-6-13-10-4-7-16-9-11(10)17-8-5-12(14)15-2/h10-11,13H,3-9H2,1-2H3. The van der Waals surface area contributed by atoms with Gasteiger partial charge in [0.1, 0.15) is 0 Å². The molecule has 1 aliphatic rings. The van der Waals surface area contributed by atoms with Gasteiger partial charge in [-0.15, -0.1) is 0 Å². The lowest BCUT2D eigenvalue weighted by Gasteiger charge is -2.31. The number of hydrogen-bond donors (Lipinski definition) is 1. The van der Waals surface area contributed by atoms with Crippen molar-refractivity contribution in [2.24, 2.45) is 0 Å². The van der Waals surface area contributed by atoms with Crippen LogP contribution in [0.5, 0.6) is 0 Å². The Morgan fingerprint density at radius 2 is 2.41 bits per heavy atom. The summed E-state index contributed by atoms with van der Waals surface area (Å²) >= 11 is 1.81. The molecule has 2 unspecified atom stereocenters. The SMILES string of the molecule is CCCNC1CCOCC1SCCC(=O)OC. The molecule has 0 saturated carbocycles. The maximum atomic E-state index is 11.0. The van der Waals surface area contributed by atoms with E-state index >= 15 is 0 Å². The predicted molar refractivity (Wildman–Crippen MR) is 70.4 cm³/mol. The molecule has 1 rings (SSSR count). The van der Waals surface area contributed by atoms with Gasteiger partial charge in [0, 0.05) is 23.7 Å². The van der Waals surface area contributed by atoms with Crippen molar-refractivity contribution in [2.45, 2.75) is 37.5 Å². The van der Waals surface area contributed by atoms with E-state index in [1.54, 1.807) is 0 Å². The second kappa shape index (κ2) is 8.78. The van der Waals surface area contributed by atoms with Crippen molar-refractivity contribution in [1.82, 2.24) is 5.32 Å². The van der Waals surface area contributed by atoms with Gasteiger partial charge < -0.3 is 14.8 Å². The molecule has 1 aliphatic heterocycles. The second-order valence-corrected chi connectivity index (χ2v) is 5.51. The van der Waals surface area contributed by atoms with Crippen LogP contribution >= 0.6 is 11.8 Å². The van der Waals surface area contributed by atoms with Crippen LogP contribution in [0.2, 0.25) is 0 Å². The number of carbonyl (C=O) groups excluding carboxylic acids is 1. The van der Waals surface area contributed by atoms with Gasteiger partial charge in [0.2, 0.25) is 0 Å². The number of methoxy groups -OCH3 is 1. The van der Waals surface area contributed by atoms with Crippen LogP contribution in [0.15, 0.2) is 0 Å². The van der Waals surface area contributed by atoms with Gasteiger partial charge in [-0.1, -0.05) is 6.92 Å². The zero-order chi connectivity index (χ0) is 12.5. The minimum absolute atomic E-state index is 0.132. The van der Waals surface area contributed by atoms with E-state index in [1.165, 1.54) is 7.11 Å². The Hall–Kier alpha value is -0.260. The van der Waals surface area contributed by atoms with Gasteiger partial charge in [-0.25, -0.2) is 0 Å². The number of nitrogens with one attached hydrogen (secondary N) is 1. The average Bonchev–Trinajstić information content (AvgIpc) is 2.37. The van der Waals surface area contributed by atoms with Crippen LogP contribution in [0.25, 0.3) is 0 Å². The first-order valence-corrected chi connectivity index (χ1v) is 7.32. The first-order valence-electron chi connectivity index (χ1n) is 6.27. The Kier molecular flexibility index (Phi) is 7.64. The van der Waals surface area contributed by atoms with Crippen LogP contribution in [0.4, 0.5) is 0 Å². The summed E-state index contributed by atoms with van der Waals surface area (Å²) in [5.74, 6) is 0.678. The summed E-state index contributed by atoms with van der Waals surface area (Å²) in [7, 11) is 1.43. The number of esters is 1. The minimum Gasteiger partial charge on any atom is -0.469 e. The van der Waals surface area contributed by atoms with Crippen LogP contribution in [0, 0.1) is 0 Å². The molecule has 0 aliphatic carbocycles. The quantitative estimate of drug-likeness (QED) is 0.703. The average molecular weight is 261 g/mol. The molecule has 1 N–H and O–H groups in total. The Morgan fingerprint density at radius 3 is 3.12 bits per heavy atom. The van der Waals surface area contributed by atoms with Crippen molar-refractivity contribution < 1.29 is 14.3 Å². The Bertz CT molecular complexity index is 226. The topological polar surface area (TPSA) is 47.6 Å². The molecule has 0 amide bonds. The fraction of sp³-hybridized carbons (Fsp3) is 0.917. The van der Waals surface area contributed by atoms with Crippen molar-refractivity contribution >= 4 is 17.7 Å². The van der Waals surface area contributed by atoms with Crippen molar-refractivity contribution in [1.29, 1.82) is 0 Å². The van der Waals surface area contributed by atoms with Gasteiger partial charge in [-0.3, -0.25) is 4.79 Å². The molecule has 17 heavy (non-hydrogen) atoms. The third-order valence-corrected chi connectivity index (χ3v) is 4.16. The number of ether oxygens (including phenoxy) is 2. The minimum atomic E-state index is -0.132. The molecule has 0 aromatic rings. The molecule has 0 spiro atoms.